The zero-order valence-electron chi connectivity index (χ0n) is 21.4. The number of ether oxygens (including phenoxy) is 1. The van der Waals surface area contributed by atoms with Crippen molar-refractivity contribution in [1.82, 2.24) is 9.66 Å². The number of hydrogen-bond acceptors (Lipinski definition) is 7. The Morgan fingerprint density at radius 3 is 2.74 bits per heavy atom. The molecule has 0 aliphatic carbocycles. The van der Waals surface area contributed by atoms with E-state index in [0.717, 1.165) is 22.9 Å². The molecule has 0 unspecified atom stereocenters. The maximum Gasteiger partial charge on any atom is 0.311 e. The number of unbranched alkanes of at least 4 members (excludes halogenated alkanes) is 1. The summed E-state index contributed by atoms with van der Waals surface area (Å²) < 4.78 is 7.44. The van der Waals surface area contributed by atoms with Crippen LogP contribution in [-0.4, -0.2) is 33.3 Å². The monoisotopic (exact) mass is 591 g/mol. The summed E-state index contributed by atoms with van der Waals surface area (Å²) in [6, 6.07) is 16.8. The molecule has 11 heteroatoms. The molecule has 0 aliphatic rings. The first-order valence-corrected chi connectivity index (χ1v) is 13.1. The number of para-hydroxylation sites is 1. The van der Waals surface area contributed by atoms with Gasteiger partial charge in [0.1, 0.15) is 5.82 Å². The van der Waals surface area contributed by atoms with Crippen molar-refractivity contribution < 1.29 is 14.5 Å². The molecule has 0 radical (unpaired) electrons. The van der Waals surface area contributed by atoms with E-state index in [1.165, 1.54) is 23.0 Å². The number of benzene rings is 3. The predicted molar refractivity (Wildman–Crippen MR) is 154 cm³/mol. The van der Waals surface area contributed by atoms with Crippen LogP contribution in [-0.2, 0) is 11.2 Å². The second-order valence-electron chi connectivity index (χ2n) is 8.79. The highest BCUT2D eigenvalue weighted by Crippen LogP contribution is 2.28. The summed E-state index contributed by atoms with van der Waals surface area (Å²) in [5.41, 5.74) is 1.80. The Morgan fingerprint density at radius 1 is 1.21 bits per heavy atom. The normalized spacial score (nSPS) is 11.2. The number of amides is 1. The van der Waals surface area contributed by atoms with E-state index in [9.17, 15) is 19.7 Å². The van der Waals surface area contributed by atoms with E-state index in [1.54, 1.807) is 30.3 Å². The van der Waals surface area contributed by atoms with Gasteiger partial charge in [-0.15, -0.1) is 0 Å². The van der Waals surface area contributed by atoms with Crippen molar-refractivity contribution in [2.24, 2.45) is 5.10 Å². The lowest BCUT2D eigenvalue weighted by Gasteiger charge is -2.10. The van der Waals surface area contributed by atoms with Gasteiger partial charge in [0.05, 0.1) is 22.0 Å². The fourth-order valence-electron chi connectivity index (χ4n) is 3.86. The topological polar surface area (TPSA) is 129 Å². The predicted octanol–water partition coefficient (Wildman–Crippen LogP) is 5.62. The van der Waals surface area contributed by atoms with Gasteiger partial charge in [0.25, 0.3) is 11.5 Å². The second kappa shape index (κ2) is 12.4. The molecule has 0 fully saturated rings. The van der Waals surface area contributed by atoms with Crippen molar-refractivity contribution in [3.8, 4) is 5.75 Å². The highest BCUT2D eigenvalue weighted by Gasteiger charge is 2.18. The molecule has 0 atom stereocenters. The number of nitro benzene ring substituents is 1. The van der Waals surface area contributed by atoms with Crippen LogP contribution in [0.3, 0.4) is 0 Å². The van der Waals surface area contributed by atoms with E-state index in [4.69, 9.17) is 4.74 Å². The molecule has 0 spiro atoms. The van der Waals surface area contributed by atoms with Crippen LogP contribution in [0.2, 0.25) is 0 Å². The molecule has 1 heterocycles. The van der Waals surface area contributed by atoms with Crippen LogP contribution in [0.1, 0.15) is 36.7 Å². The minimum absolute atomic E-state index is 0.0601. The van der Waals surface area contributed by atoms with Crippen LogP contribution in [0.15, 0.2) is 75.0 Å². The number of nitrogens with zero attached hydrogens (tertiary/aromatic N) is 4. The van der Waals surface area contributed by atoms with Crippen LogP contribution in [0.5, 0.6) is 5.75 Å². The van der Waals surface area contributed by atoms with E-state index in [0.29, 0.717) is 34.4 Å². The number of aromatic nitrogens is 2. The van der Waals surface area contributed by atoms with Crippen LogP contribution in [0.4, 0.5) is 11.4 Å². The van der Waals surface area contributed by atoms with Crippen molar-refractivity contribution in [2.45, 2.75) is 33.1 Å². The van der Waals surface area contributed by atoms with Gasteiger partial charge < -0.3 is 10.1 Å². The number of rotatable bonds is 10. The number of carbonyl (C=O) groups is 1. The molecule has 1 N–H and O–H groups in total. The first-order valence-electron chi connectivity index (χ1n) is 12.3. The third-order valence-electron chi connectivity index (χ3n) is 5.91. The van der Waals surface area contributed by atoms with Crippen LogP contribution in [0.25, 0.3) is 10.9 Å². The van der Waals surface area contributed by atoms with Crippen LogP contribution < -0.4 is 15.6 Å². The number of nitrogens with one attached hydrogen (secondary N) is 1. The highest BCUT2D eigenvalue weighted by molar-refractivity contribution is 9.10. The maximum absolute atomic E-state index is 13.2. The Hall–Kier alpha value is -4.38. The van der Waals surface area contributed by atoms with Gasteiger partial charge in [0.15, 0.2) is 12.4 Å². The third kappa shape index (κ3) is 6.74. The molecule has 1 amide bonds. The number of anilines is 1. The summed E-state index contributed by atoms with van der Waals surface area (Å²) in [6.45, 7) is 3.49. The first kappa shape index (κ1) is 27.6. The molecule has 4 aromatic rings. The van der Waals surface area contributed by atoms with Crippen molar-refractivity contribution in [3.63, 3.8) is 0 Å². The zero-order chi connectivity index (χ0) is 27.9. The average Bonchev–Trinajstić information content (AvgIpc) is 2.92. The Bertz CT molecular complexity index is 1630. The molecular weight excluding hydrogens is 566 g/mol. The SMILES string of the molecule is CCCCc1nc2ccc(Br)cc2c(=O)n1N=Cc1ccc(OCC(=O)Nc2ccccc2C)c([N+](=O)[O-])c1. The Labute approximate surface area is 232 Å². The largest absolute Gasteiger partial charge is 0.477 e. The number of fused-ring (bicyclic) bond motifs is 1. The first-order chi connectivity index (χ1) is 18.8. The summed E-state index contributed by atoms with van der Waals surface area (Å²) in [7, 11) is 0. The molecule has 4 rings (SSSR count). The number of hydrogen-bond donors (Lipinski definition) is 1. The van der Waals surface area contributed by atoms with Crippen molar-refractivity contribution in [1.29, 1.82) is 0 Å². The zero-order valence-corrected chi connectivity index (χ0v) is 23.0. The minimum Gasteiger partial charge on any atom is -0.477 e. The molecular formula is C28H26BrN5O5. The van der Waals surface area contributed by atoms with Crippen LogP contribution in [0, 0.1) is 17.0 Å². The summed E-state index contributed by atoms with van der Waals surface area (Å²) >= 11 is 3.38. The van der Waals surface area contributed by atoms with Gasteiger partial charge in [0, 0.05) is 28.2 Å². The van der Waals surface area contributed by atoms with Gasteiger partial charge in [-0.25, -0.2) is 4.98 Å². The standard InChI is InChI=1S/C28H26BrN5O5/c1-3-4-9-26-31-23-12-11-20(29)15-21(23)28(36)33(26)30-16-19-10-13-25(24(14-19)34(37)38)39-17-27(35)32-22-8-6-5-7-18(22)2/h5-8,10-16H,3-4,9,17H2,1-2H3,(H,32,35). The molecule has 10 nitrogen and oxygen atoms in total. The highest BCUT2D eigenvalue weighted by atomic mass is 79.9. The van der Waals surface area contributed by atoms with Gasteiger partial charge in [-0.1, -0.05) is 47.5 Å². The van der Waals surface area contributed by atoms with E-state index < -0.39 is 17.4 Å². The van der Waals surface area contributed by atoms with Crippen molar-refractivity contribution in [2.75, 3.05) is 11.9 Å². The average molecular weight is 592 g/mol. The number of aryl methyl sites for hydroxylation is 2. The molecule has 200 valence electrons. The Kier molecular flexibility index (Phi) is 8.82. The number of carbonyl (C=O) groups excluding carboxylic acids is 1. The van der Waals surface area contributed by atoms with Gasteiger partial charge in [-0.3, -0.25) is 19.7 Å². The summed E-state index contributed by atoms with van der Waals surface area (Å²) in [5, 5.41) is 19.2. The van der Waals surface area contributed by atoms with Crippen molar-refractivity contribution >= 4 is 50.3 Å². The minimum atomic E-state index is -0.597. The van der Waals surface area contributed by atoms with Crippen LogP contribution >= 0.6 is 15.9 Å². The van der Waals surface area contributed by atoms with Gasteiger partial charge >= 0.3 is 5.69 Å². The quantitative estimate of drug-likeness (QED) is 0.145. The lowest BCUT2D eigenvalue weighted by molar-refractivity contribution is -0.385. The van der Waals surface area contributed by atoms with Gasteiger partial charge in [0.2, 0.25) is 0 Å². The van der Waals surface area contributed by atoms with E-state index in [1.807, 2.05) is 32.0 Å². The molecule has 3 aromatic carbocycles. The Balaban J connectivity index is 1.58. The fourth-order valence-corrected chi connectivity index (χ4v) is 4.22. The number of nitro groups is 1. The molecule has 1 aromatic heterocycles. The lowest BCUT2D eigenvalue weighted by atomic mass is 10.2. The summed E-state index contributed by atoms with van der Waals surface area (Å²) in [4.78, 5) is 41.3. The van der Waals surface area contributed by atoms with E-state index in [-0.39, 0.29) is 17.0 Å². The lowest BCUT2D eigenvalue weighted by Crippen LogP contribution is -2.22. The van der Waals surface area contributed by atoms with E-state index in [2.05, 4.69) is 31.3 Å². The summed E-state index contributed by atoms with van der Waals surface area (Å²) in [6.07, 6.45) is 3.64. The molecule has 39 heavy (non-hydrogen) atoms. The van der Waals surface area contributed by atoms with Gasteiger partial charge in [-0.05, 0) is 55.3 Å². The third-order valence-corrected chi connectivity index (χ3v) is 6.40. The molecule has 0 saturated heterocycles. The van der Waals surface area contributed by atoms with Gasteiger partial charge in [-0.2, -0.15) is 9.78 Å². The van der Waals surface area contributed by atoms with E-state index >= 15 is 0 Å². The smallest absolute Gasteiger partial charge is 0.311 e. The maximum atomic E-state index is 13.2. The Morgan fingerprint density at radius 2 is 2.00 bits per heavy atom. The molecule has 0 aliphatic heterocycles. The molecule has 0 saturated carbocycles. The number of halogens is 1. The summed E-state index contributed by atoms with van der Waals surface area (Å²) in [5.74, 6) is -0.00388. The molecule has 0 bridgehead atoms. The fraction of sp³-hybridized carbons (Fsp3) is 0.214. The second-order valence-corrected chi connectivity index (χ2v) is 9.71. The van der Waals surface area contributed by atoms with Crippen molar-refractivity contribution in [3.05, 3.63) is 103 Å².